The fraction of sp³-hybridized carbons (Fsp3) is 0.345. The van der Waals surface area contributed by atoms with E-state index in [1.807, 2.05) is 63.2 Å². The third-order valence-electron chi connectivity index (χ3n) is 6.30. The summed E-state index contributed by atoms with van der Waals surface area (Å²) in [4.78, 5) is 30.3. The molecule has 2 N–H and O–H groups in total. The molecule has 0 spiro atoms. The van der Waals surface area contributed by atoms with E-state index >= 15 is 0 Å². The number of carbonyl (C=O) groups excluding carboxylic acids is 2. The Labute approximate surface area is 229 Å². The maximum absolute atomic E-state index is 12.8. The van der Waals surface area contributed by atoms with Gasteiger partial charge in [-0.05, 0) is 76.2 Å². The number of benzene rings is 2. The molecule has 1 aliphatic heterocycles. The number of aromatic nitrogens is 1. The predicted molar refractivity (Wildman–Crippen MR) is 153 cm³/mol. The molecule has 39 heavy (non-hydrogen) atoms. The minimum Gasteiger partial charge on any atom is -0.369 e. The molecule has 0 unspecified atom stereocenters. The lowest BCUT2D eigenvalue weighted by Crippen LogP contribution is -2.53. The van der Waals surface area contributed by atoms with E-state index in [0.29, 0.717) is 38.0 Å². The quantitative estimate of drug-likeness (QED) is 0.348. The van der Waals surface area contributed by atoms with Crippen LogP contribution < -0.4 is 14.9 Å². The highest BCUT2D eigenvalue weighted by atomic mass is 32.2. The third-order valence-corrected chi connectivity index (χ3v) is 8.02. The zero-order valence-electron chi connectivity index (χ0n) is 22.6. The second kappa shape index (κ2) is 11.9. The summed E-state index contributed by atoms with van der Waals surface area (Å²) in [5.41, 5.74) is 4.72. The Balaban J connectivity index is 1.45. The van der Waals surface area contributed by atoms with Gasteiger partial charge < -0.3 is 15.0 Å². The zero-order valence-corrected chi connectivity index (χ0v) is 23.4. The lowest BCUT2D eigenvalue weighted by molar-refractivity contribution is -0.108. The number of piperazine rings is 1. The van der Waals surface area contributed by atoms with Crippen molar-refractivity contribution >= 4 is 39.0 Å². The van der Waals surface area contributed by atoms with Crippen LogP contribution in [-0.4, -0.2) is 68.2 Å². The summed E-state index contributed by atoms with van der Waals surface area (Å²) in [5.74, 6) is 6.24. The average molecular weight is 548 g/mol. The Morgan fingerprint density at radius 3 is 2.26 bits per heavy atom. The normalized spacial score (nSPS) is 15.1. The van der Waals surface area contributed by atoms with Crippen molar-refractivity contribution in [2.45, 2.75) is 39.8 Å². The van der Waals surface area contributed by atoms with Crippen LogP contribution in [-0.2, 0) is 15.0 Å². The molecular formula is C29H33N5O4S. The van der Waals surface area contributed by atoms with E-state index in [2.05, 4.69) is 31.8 Å². The number of rotatable bonds is 7. The van der Waals surface area contributed by atoms with Gasteiger partial charge in [0.2, 0.25) is 0 Å². The van der Waals surface area contributed by atoms with Crippen LogP contribution in [0.25, 0.3) is 10.9 Å². The van der Waals surface area contributed by atoms with Gasteiger partial charge in [-0.15, -0.1) is 0 Å². The van der Waals surface area contributed by atoms with Crippen LogP contribution in [0.4, 0.5) is 5.69 Å². The van der Waals surface area contributed by atoms with Crippen molar-refractivity contribution in [3.63, 3.8) is 0 Å². The number of nitrogens with one attached hydrogen (secondary N) is 2. The third kappa shape index (κ3) is 7.00. The second-order valence-electron chi connectivity index (χ2n) is 9.90. The molecule has 1 saturated heterocycles. The standard InChI is InChI=1S/C29H33N5O4S/c1-20(2)30-29(36)27-17-21(3)31-28-12-9-24(18-26(27)28)6-5-23-7-10-25(11-8-23)33-13-15-34(16-14-33)39(37,38)32-22(4)19-35/h7-12,17-20,22,32H,13-16H2,1-4H3,(H,30,36)/t22-/m1/s1. The fourth-order valence-corrected chi connectivity index (χ4v) is 5.71. The number of anilines is 1. The number of nitrogens with zero attached hydrogens (tertiary/aromatic N) is 3. The molecule has 0 aliphatic carbocycles. The highest BCUT2D eigenvalue weighted by molar-refractivity contribution is 7.87. The van der Waals surface area contributed by atoms with Crippen LogP contribution in [0.2, 0.25) is 0 Å². The Kier molecular flexibility index (Phi) is 8.65. The van der Waals surface area contributed by atoms with Crippen molar-refractivity contribution in [3.8, 4) is 11.8 Å². The molecule has 1 fully saturated rings. The summed E-state index contributed by atoms with van der Waals surface area (Å²) in [5, 5.41) is 3.71. The van der Waals surface area contributed by atoms with Crippen LogP contribution in [0.5, 0.6) is 0 Å². The van der Waals surface area contributed by atoms with Gasteiger partial charge in [-0.1, -0.05) is 11.8 Å². The molecule has 1 aromatic heterocycles. The number of aldehydes is 1. The first-order chi connectivity index (χ1) is 18.6. The van der Waals surface area contributed by atoms with Crippen molar-refractivity contribution in [3.05, 3.63) is 70.9 Å². The van der Waals surface area contributed by atoms with Gasteiger partial charge in [0.25, 0.3) is 16.1 Å². The molecule has 2 heterocycles. The molecule has 10 heteroatoms. The topological polar surface area (TPSA) is 112 Å². The van der Waals surface area contributed by atoms with Crippen molar-refractivity contribution in [2.24, 2.45) is 0 Å². The largest absolute Gasteiger partial charge is 0.369 e. The average Bonchev–Trinajstić information content (AvgIpc) is 2.91. The molecule has 2 aromatic carbocycles. The van der Waals surface area contributed by atoms with Gasteiger partial charge in [0.15, 0.2) is 0 Å². The number of hydrogen-bond acceptors (Lipinski definition) is 6. The second-order valence-corrected chi connectivity index (χ2v) is 11.6. The molecule has 3 aromatic rings. The summed E-state index contributed by atoms with van der Waals surface area (Å²) < 4.78 is 28.6. The SMILES string of the molecule is Cc1cc(C(=O)NC(C)C)c2cc(C#Cc3ccc(N4CCN(S(=O)(=O)N[C@H](C)C=O)CC4)cc3)ccc2n1. The first-order valence-corrected chi connectivity index (χ1v) is 14.3. The van der Waals surface area contributed by atoms with E-state index < -0.39 is 16.3 Å². The van der Waals surface area contributed by atoms with E-state index in [1.165, 1.54) is 11.2 Å². The van der Waals surface area contributed by atoms with Gasteiger partial charge in [-0.3, -0.25) is 9.78 Å². The van der Waals surface area contributed by atoms with Crippen molar-refractivity contribution in [1.29, 1.82) is 0 Å². The summed E-state index contributed by atoms with van der Waals surface area (Å²) in [6, 6.07) is 14.6. The Hall–Kier alpha value is -3.78. The Morgan fingerprint density at radius 2 is 1.62 bits per heavy atom. The maximum atomic E-state index is 12.8. The summed E-state index contributed by atoms with van der Waals surface area (Å²) in [6.45, 7) is 8.97. The molecule has 1 atom stereocenters. The van der Waals surface area contributed by atoms with Gasteiger partial charge in [-0.25, -0.2) is 0 Å². The van der Waals surface area contributed by atoms with Crippen LogP contribution in [0.15, 0.2) is 48.5 Å². The zero-order chi connectivity index (χ0) is 28.2. The van der Waals surface area contributed by atoms with Gasteiger partial charge in [0.1, 0.15) is 6.29 Å². The molecule has 204 valence electrons. The van der Waals surface area contributed by atoms with E-state index in [0.717, 1.165) is 33.4 Å². The highest BCUT2D eigenvalue weighted by Crippen LogP contribution is 2.21. The number of fused-ring (bicyclic) bond motifs is 1. The maximum Gasteiger partial charge on any atom is 0.280 e. The van der Waals surface area contributed by atoms with E-state index in [-0.39, 0.29) is 11.9 Å². The van der Waals surface area contributed by atoms with E-state index in [4.69, 9.17) is 0 Å². The Bertz CT molecular complexity index is 1530. The summed E-state index contributed by atoms with van der Waals surface area (Å²) in [6.07, 6.45) is 0.569. The minimum atomic E-state index is -3.69. The number of hydrogen-bond donors (Lipinski definition) is 2. The predicted octanol–water partition coefficient (Wildman–Crippen LogP) is 2.63. The Morgan fingerprint density at radius 1 is 0.974 bits per heavy atom. The van der Waals surface area contributed by atoms with Gasteiger partial charge in [0.05, 0.1) is 17.1 Å². The first-order valence-electron chi connectivity index (χ1n) is 12.9. The van der Waals surface area contributed by atoms with Crippen molar-refractivity contribution in [1.82, 2.24) is 19.3 Å². The molecule has 1 aliphatic rings. The lowest BCUT2D eigenvalue weighted by Gasteiger charge is -2.35. The van der Waals surface area contributed by atoms with Crippen molar-refractivity contribution < 1.29 is 18.0 Å². The molecule has 0 bridgehead atoms. The number of amides is 1. The number of carbonyl (C=O) groups is 2. The van der Waals surface area contributed by atoms with Crippen LogP contribution in [0.3, 0.4) is 0 Å². The monoisotopic (exact) mass is 547 g/mol. The molecule has 0 radical (unpaired) electrons. The number of pyridine rings is 1. The molecule has 4 rings (SSSR count). The van der Waals surface area contributed by atoms with Crippen molar-refractivity contribution in [2.75, 3.05) is 31.1 Å². The first kappa shape index (κ1) is 28.2. The molecular weight excluding hydrogens is 514 g/mol. The fourth-order valence-electron chi connectivity index (χ4n) is 4.39. The summed E-state index contributed by atoms with van der Waals surface area (Å²) in [7, 11) is -3.69. The lowest BCUT2D eigenvalue weighted by atomic mass is 10.0. The smallest absolute Gasteiger partial charge is 0.280 e. The number of aryl methyl sites for hydroxylation is 1. The summed E-state index contributed by atoms with van der Waals surface area (Å²) >= 11 is 0. The van der Waals surface area contributed by atoms with Crippen LogP contribution >= 0.6 is 0 Å². The van der Waals surface area contributed by atoms with Gasteiger partial charge >= 0.3 is 0 Å². The molecule has 0 saturated carbocycles. The molecule has 9 nitrogen and oxygen atoms in total. The van der Waals surface area contributed by atoms with E-state index in [9.17, 15) is 18.0 Å². The van der Waals surface area contributed by atoms with Crippen LogP contribution in [0.1, 0.15) is 48.0 Å². The van der Waals surface area contributed by atoms with Gasteiger partial charge in [-0.2, -0.15) is 17.4 Å². The van der Waals surface area contributed by atoms with E-state index in [1.54, 1.807) is 6.07 Å². The van der Waals surface area contributed by atoms with Gasteiger partial charge in [0, 0.05) is 60.1 Å². The minimum absolute atomic E-state index is 0.0260. The highest BCUT2D eigenvalue weighted by Gasteiger charge is 2.28. The van der Waals surface area contributed by atoms with Crippen LogP contribution in [0, 0.1) is 18.8 Å². The molecule has 1 amide bonds.